The maximum Gasteiger partial charge on any atom is 0.223 e. The van der Waals surface area contributed by atoms with E-state index < -0.39 is 0 Å². The zero-order valence-electron chi connectivity index (χ0n) is 13.0. The molecule has 0 aliphatic carbocycles. The number of rotatable bonds is 7. The van der Waals surface area contributed by atoms with E-state index in [1.54, 1.807) is 11.3 Å². The Kier molecular flexibility index (Phi) is 6.39. The highest BCUT2D eigenvalue weighted by Gasteiger charge is 2.21. The van der Waals surface area contributed by atoms with E-state index >= 15 is 0 Å². The fraction of sp³-hybridized carbons (Fsp3) is 0.625. The molecule has 1 aromatic rings. The van der Waals surface area contributed by atoms with Gasteiger partial charge >= 0.3 is 0 Å². The average molecular weight is 324 g/mol. The van der Waals surface area contributed by atoms with Crippen LogP contribution < -0.4 is 5.32 Å². The number of hydrogen-bond acceptors (Lipinski definition) is 4. The summed E-state index contributed by atoms with van der Waals surface area (Å²) in [5.41, 5.74) is 1.24. The van der Waals surface area contributed by atoms with Crippen LogP contribution in [0.4, 0.5) is 0 Å². The third kappa shape index (κ3) is 4.81. The second kappa shape index (κ2) is 8.29. The maximum absolute atomic E-state index is 12.2. The van der Waals surface area contributed by atoms with E-state index in [2.05, 4.69) is 16.8 Å². The first-order valence-corrected chi connectivity index (χ1v) is 8.68. The largest absolute Gasteiger partial charge is 0.396 e. The van der Waals surface area contributed by atoms with E-state index in [1.807, 2.05) is 11.8 Å². The molecule has 1 aromatic heterocycles. The van der Waals surface area contributed by atoms with Crippen molar-refractivity contribution in [2.45, 2.75) is 39.2 Å². The van der Waals surface area contributed by atoms with Crippen LogP contribution in [-0.4, -0.2) is 41.5 Å². The van der Waals surface area contributed by atoms with Crippen molar-refractivity contribution in [2.24, 2.45) is 5.92 Å². The topological polar surface area (TPSA) is 69.6 Å². The molecule has 0 spiro atoms. The van der Waals surface area contributed by atoms with Crippen molar-refractivity contribution in [3.8, 4) is 0 Å². The Bertz CT molecular complexity index is 515. The van der Waals surface area contributed by atoms with Crippen molar-refractivity contribution in [2.75, 3.05) is 19.7 Å². The Morgan fingerprint density at radius 2 is 2.27 bits per heavy atom. The minimum Gasteiger partial charge on any atom is -0.396 e. The van der Waals surface area contributed by atoms with Crippen molar-refractivity contribution in [1.82, 2.24) is 10.2 Å². The van der Waals surface area contributed by atoms with Gasteiger partial charge in [0, 0.05) is 44.0 Å². The fourth-order valence-corrected chi connectivity index (χ4v) is 3.43. The number of carbonyl (C=O) groups is 2. The Balaban J connectivity index is 1.68. The molecule has 1 unspecified atom stereocenters. The molecule has 0 bridgehead atoms. The molecule has 2 N–H and O–H groups in total. The predicted molar refractivity (Wildman–Crippen MR) is 86.6 cm³/mol. The highest BCUT2D eigenvalue weighted by Crippen LogP contribution is 2.24. The molecule has 0 fully saturated rings. The van der Waals surface area contributed by atoms with Crippen molar-refractivity contribution >= 4 is 23.2 Å². The molecule has 6 heteroatoms. The molecular weight excluding hydrogens is 300 g/mol. The van der Waals surface area contributed by atoms with E-state index in [-0.39, 0.29) is 37.2 Å². The molecule has 1 aliphatic rings. The standard InChI is InChI=1S/C16H24N2O3S/c1-12(5-8-19)10-17-15(20)2-3-16(21)18-7-4-14-13(11-18)6-9-22-14/h6,9,12,19H,2-5,7-8,10-11H2,1H3,(H,17,20). The van der Waals surface area contributed by atoms with Gasteiger partial charge in [0.15, 0.2) is 0 Å². The van der Waals surface area contributed by atoms with Crippen LogP contribution in [-0.2, 0) is 22.6 Å². The van der Waals surface area contributed by atoms with E-state index in [4.69, 9.17) is 5.11 Å². The maximum atomic E-state index is 12.2. The number of amides is 2. The average Bonchev–Trinajstić information content (AvgIpc) is 2.98. The smallest absolute Gasteiger partial charge is 0.223 e. The van der Waals surface area contributed by atoms with Crippen molar-refractivity contribution < 1.29 is 14.7 Å². The lowest BCUT2D eigenvalue weighted by Crippen LogP contribution is -2.36. The van der Waals surface area contributed by atoms with Gasteiger partial charge in [0.2, 0.25) is 11.8 Å². The lowest BCUT2D eigenvalue weighted by atomic mass is 10.1. The fourth-order valence-electron chi connectivity index (χ4n) is 2.54. The zero-order chi connectivity index (χ0) is 15.9. The number of hydrogen-bond donors (Lipinski definition) is 2. The van der Waals surface area contributed by atoms with Gasteiger partial charge in [-0.1, -0.05) is 6.92 Å². The lowest BCUT2D eigenvalue weighted by Gasteiger charge is -2.27. The van der Waals surface area contributed by atoms with Gasteiger partial charge in [-0.15, -0.1) is 11.3 Å². The molecule has 2 rings (SSSR count). The zero-order valence-corrected chi connectivity index (χ0v) is 13.8. The summed E-state index contributed by atoms with van der Waals surface area (Å²) in [4.78, 5) is 27.2. The van der Waals surface area contributed by atoms with Crippen molar-refractivity contribution in [3.05, 3.63) is 21.9 Å². The van der Waals surface area contributed by atoms with Crippen LogP contribution >= 0.6 is 11.3 Å². The third-order valence-corrected chi connectivity index (χ3v) is 5.02. The highest BCUT2D eigenvalue weighted by atomic mass is 32.1. The van der Waals surface area contributed by atoms with Gasteiger partial charge in [-0.2, -0.15) is 0 Å². The van der Waals surface area contributed by atoms with Gasteiger partial charge in [-0.25, -0.2) is 0 Å². The summed E-state index contributed by atoms with van der Waals surface area (Å²) in [6, 6.07) is 2.08. The van der Waals surface area contributed by atoms with E-state index in [0.717, 1.165) is 13.0 Å². The molecular formula is C16H24N2O3S. The summed E-state index contributed by atoms with van der Waals surface area (Å²) in [5.74, 6) is 0.213. The van der Waals surface area contributed by atoms with Crippen LogP contribution in [0.2, 0.25) is 0 Å². The third-order valence-electron chi connectivity index (χ3n) is 4.00. The molecule has 5 nitrogen and oxygen atoms in total. The van der Waals surface area contributed by atoms with Crippen LogP contribution in [0.15, 0.2) is 11.4 Å². The summed E-state index contributed by atoms with van der Waals surface area (Å²) in [7, 11) is 0. The molecule has 22 heavy (non-hydrogen) atoms. The number of nitrogens with zero attached hydrogens (tertiary/aromatic N) is 1. The first-order chi connectivity index (χ1) is 10.6. The number of aliphatic hydroxyl groups is 1. The molecule has 1 atom stereocenters. The molecule has 122 valence electrons. The van der Waals surface area contributed by atoms with Crippen LogP contribution in [0.5, 0.6) is 0 Å². The Morgan fingerprint density at radius 3 is 3.05 bits per heavy atom. The first kappa shape index (κ1) is 17.0. The number of fused-ring (bicyclic) bond motifs is 1. The molecule has 0 saturated carbocycles. The number of nitrogens with one attached hydrogen (secondary N) is 1. The Morgan fingerprint density at radius 1 is 1.45 bits per heavy atom. The summed E-state index contributed by atoms with van der Waals surface area (Å²) in [5, 5.41) is 13.7. The van der Waals surface area contributed by atoms with Gasteiger partial charge in [-0.3, -0.25) is 9.59 Å². The van der Waals surface area contributed by atoms with Crippen LogP contribution in [0.25, 0.3) is 0 Å². The van der Waals surface area contributed by atoms with Gasteiger partial charge in [0.25, 0.3) is 0 Å². The van der Waals surface area contributed by atoms with Gasteiger partial charge in [-0.05, 0) is 35.8 Å². The van der Waals surface area contributed by atoms with Crippen molar-refractivity contribution in [1.29, 1.82) is 0 Å². The van der Waals surface area contributed by atoms with Gasteiger partial charge in [0.1, 0.15) is 0 Å². The number of carbonyl (C=O) groups excluding carboxylic acids is 2. The second-order valence-corrected chi connectivity index (χ2v) is 6.86. The summed E-state index contributed by atoms with van der Waals surface area (Å²) in [6.45, 7) is 4.09. The van der Waals surface area contributed by atoms with Gasteiger partial charge in [0.05, 0.1) is 0 Å². The van der Waals surface area contributed by atoms with Crippen LogP contribution in [0, 0.1) is 5.92 Å². The molecule has 1 aliphatic heterocycles. The molecule has 0 saturated heterocycles. The summed E-state index contributed by atoms with van der Waals surface area (Å²) >= 11 is 1.75. The normalized spacial score (nSPS) is 15.3. The van der Waals surface area contributed by atoms with Gasteiger partial charge < -0.3 is 15.3 Å². The Hall–Kier alpha value is -1.40. The highest BCUT2D eigenvalue weighted by molar-refractivity contribution is 7.10. The summed E-state index contributed by atoms with van der Waals surface area (Å²) in [6.07, 6.45) is 2.09. The SMILES string of the molecule is CC(CCO)CNC(=O)CCC(=O)N1CCc2sccc2C1. The Labute approximate surface area is 135 Å². The lowest BCUT2D eigenvalue weighted by molar-refractivity contribution is -0.134. The quantitative estimate of drug-likeness (QED) is 0.799. The second-order valence-electron chi connectivity index (χ2n) is 5.86. The minimum absolute atomic E-state index is 0.0513. The first-order valence-electron chi connectivity index (χ1n) is 7.80. The monoisotopic (exact) mass is 324 g/mol. The van der Waals surface area contributed by atoms with E-state index in [0.29, 0.717) is 19.5 Å². The van der Waals surface area contributed by atoms with Crippen LogP contribution in [0.1, 0.15) is 36.6 Å². The molecule has 2 heterocycles. The predicted octanol–water partition coefficient (Wildman–Crippen LogP) is 1.55. The number of thiophene rings is 1. The molecule has 0 aromatic carbocycles. The molecule has 2 amide bonds. The van der Waals surface area contributed by atoms with Crippen LogP contribution in [0.3, 0.4) is 0 Å². The van der Waals surface area contributed by atoms with E-state index in [9.17, 15) is 9.59 Å². The number of aliphatic hydroxyl groups excluding tert-OH is 1. The molecule has 0 radical (unpaired) electrons. The van der Waals surface area contributed by atoms with E-state index in [1.165, 1.54) is 10.4 Å². The minimum atomic E-state index is -0.0913. The summed E-state index contributed by atoms with van der Waals surface area (Å²) < 4.78 is 0. The van der Waals surface area contributed by atoms with Crippen molar-refractivity contribution in [3.63, 3.8) is 0 Å².